The maximum Gasteiger partial charge on any atom is 0.319 e. The molecule has 0 aromatic heterocycles. The van der Waals surface area contributed by atoms with Crippen LogP contribution in [0.3, 0.4) is 0 Å². The van der Waals surface area contributed by atoms with E-state index in [1.54, 1.807) is 16.8 Å². The van der Waals surface area contributed by atoms with Crippen LogP contribution in [0.1, 0.15) is 22.8 Å². The molecule has 4 heteroatoms. The first-order valence-electron chi connectivity index (χ1n) is 6.23. The largest absolute Gasteiger partial charge is 0.387 e. The van der Waals surface area contributed by atoms with Crippen LogP contribution in [0.25, 0.3) is 0 Å². The fourth-order valence-corrected chi connectivity index (χ4v) is 2.39. The summed E-state index contributed by atoms with van der Waals surface area (Å²) in [7, 11) is 1.78. The molecule has 1 N–H and O–H groups in total. The Labute approximate surface area is 108 Å². The van der Waals surface area contributed by atoms with Crippen LogP contribution in [0.2, 0.25) is 0 Å². The van der Waals surface area contributed by atoms with Crippen LogP contribution < -0.4 is 0 Å². The van der Waals surface area contributed by atoms with E-state index in [-0.39, 0.29) is 6.03 Å². The van der Waals surface area contributed by atoms with Gasteiger partial charge in [-0.25, -0.2) is 4.79 Å². The van der Waals surface area contributed by atoms with Gasteiger partial charge in [-0.15, -0.1) is 0 Å². The van der Waals surface area contributed by atoms with E-state index < -0.39 is 6.10 Å². The van der Waals surface area contributed by atoms with Gasteiger partial charge in [0.25, 0.3) is 0 Å². The summed E-state index contributed by atoms with van der Waals surface area (Å²) in [6.45, 7) is 5.82. The first-order chi connectivity index (χ1) is 8.47. The zero-order chi connectivity index (χ0) is 13.3. The fourth-order valence-electron chi connectivity index (χ4n) is 2.39. The molecule has 1 saturated heterocycles. The Kier molecular flexibility index (Phi) is 3.57. The Balaban J connectivity index is 2.08. The molecule has 4 nitrogen and oxygen atoms in total. The van der Waals surface area contributed by atoms with E-state index in [1.165, 1.54) is 0 Å². The summed E-state index contributed by atoms with van der Waals surface area (Å²) in [5.74, 6) is 0. The lowest BCUT2D eigenvalue weighted by Crippen LogP contribution is -2.32. The molecule has 98 valence electrons. The SMILES string of the molecule is Cc1cc(C)cc(C(O)CN2CCN(C)C2=O)c1. The molecule has 2 rings (SSSR count). The van der Waals surface area contributed by atoms with Crippen molar-refractivity contribution >= 4 is 6.03 Å². The molecule has 18 heavy (non-hydrogen) atoms. The van der Waals surface area contributed by atoms with Gasteiger partial charge >= 0.3 is 6.03 Å². The highest BCUT2D eigenvalue weighted by atomic mass is 16.3. The summed E-state index contributed by atoms with van der Waals surface area (Å²) in [6, 6.07) is 6.02. The van der Waals surface area contributed by atoms with Crippen LogP contribution in [0, 0.1) is 13.8 Å². The number of urea groups is 1. The first-order valence-corrected chi connectivity index (χ1v) is 6.23. The number of amides is 2. The van der Waals surface area contributed by atoms with Gasteiger partial charge in [0.05, 0.1) is 12.6 Å². The van der Waals surface area contributed by atoms with Crippen molar-refractivity contribution in [1.82, 2.24) is 9.80 Å². The minimum absolute atomic E-state index is 0.00146. The van der Waals surface area contributed by atoms with E-state index >= 15 is 0 Å². The normalized spacial score (nSPS) is 17.4. The number of aryl methyl sites for hydroxylation is 2. The lowest BCUT2D eigenvalue weighted by Gasteiger charge is -2.20. The third kappa shape index (κ3) is 2.64. The van der Waals surface area contributed by atoms with Gasteiger partial charge in [-0.2, -0.15) is 0 Å². The monoisotopic (exact) mass is 248 g/mol. The third-order valence-electron chi connectivity index (χ3n) is 3.32. The van der Waals surface area contributed by atoms with Crippen molar-refractivity contribution in [3.8, 4) is 0 Å². The van der Waals surface area contributed by atoms with Crippen LogP contribution in [-0.4, -0.2) is 47.6 Å². The lowest BCUT2D eigenvalue weighted by atomic mass is 10.0. The molecule has 1 atom stereocenters. The lowest BCUT2D eigenvalue weighted by molar-refractivity contribution is 0.129. The van der Waals surface area contributed by atoms with Crippen LogP contribution in [-0.2, 0) is 0 Å². The summed E-state index contributed by atoms with van der Waals surface area (Å²) < 4.78 is 0. The van der Waals surface area contributed by atoms with Gasteiger partial charge < -0.3 is 14.9 Å². The van der Waals surface area contributed by atoms with E-state index in [0.29, 0.717) is 13.1 Å². The number of β-amino-alcohol motifs (C(OH)–C–C–N with tert-alkyl or cyclic N) is 1. The predicted octanol–water partition coefficient (Wildman–Crippen LogP) is 1.70. The number of carbonyl (C=O) groups is 1. The van der Waals surface area contributed by atoms with Gasteiger partial charge in [0.15, 0.2) is 0 Å². The molecule has 0 aliphatic carbocycles. The second kappa shape index (κ2) is 4.98. The molecule has 2 amide bonds. The van der Waals surface area contributed by atoms with E-state index in [9.17, 15) is 9.90 Å². The van der Waals surface area contributed by atoms with Gasteiger partial charge in [-0.05, 0) is 19.4 Å². The van der Waals surface area contributed by atoms with Crippen LogP contribution in [0.4, 0.5) is 4.79 Å². The Morgan fingerprint density at radius 3 is 2.33 bits per heavy atom. The molecule has 1 aliphatic heterocycles. The second-order valence-electron chi connectivity index (χ2n) is 5.09. The van der Waals surface area contributed by atoms with Crippen LogP contribution in [0.5, 0.6) is 0 Å². The number of likely N-dealkylation sites (N-methyl/N-ethyl adjacent to an activating group) is 1. The van der Waals surface area contributed by atoms with Gasteiger partial charge in [-0.3, -0.25) is 0 Å². The average molecular weight is 248 g/mol. The highest BCUT2D eigenvalue weighted by molar-refractivity contribution is 5.76. The standard InChI is InChI=1S/C14H20N2O2/c1-10-6-11(2)8-12(7-10)13(17)9-16-5-4-15(3)14(16)18/h6-8,13,17H,4-5,9H2,1-3H3. The molecule has 1 heterocycles. The van der Waals surface area contributed by atoms with E-state index in [1.807, 2.05) is 26.0 Å². The maximum atomic E-state index is 11.7. The highest BCUT2D eigenvalue weighted by Crippen LogP contribution is 2.19. The zero-order valence-electron chi connectivity index (χ0n) is 11.2. The quantitative estimate of drug-likeness (QED) is 0.885. The smallest absolute Gasteiger partial charge is 0.319 e. The summed E-state index contributed by atoms with van der Waals surface area (Å²) in [4.78, 5) is 15.1. The Hall–Kier alpha value is -1.55. The Morgan fingerprint density at radius 2 is 1.83 bits per heavy atom. The van der Waals surface area contributed by atoms with Crippen molar-refractivity contribution in [2.24, 2.45) is 0 Å². The number of aliphatic hydroxyl groups is 1. The second-order valence-corrected chi connectivity index (χ2v) is 5.09. The van der Waals surface area contributed by atoms with Crippen molar-refractivity contribution in [1.29, 1.82) is 0 Å². The molecule has 0 radical (unpaired) electrons. The Morgan fingerprint density at radius 1 is 1.22 bits per heavy atom. The van der Waals surface area contributed by atoms with Crippen molar-refractivity contribution in [3.63, 3.8) is 0 Å². The molecule has 1 unspecified atom stereocenters. The molecule has 1 aromatic rings. The molecule has 1 fully saturated rings. The van der Waals surface area contributed by atoms with Crippen molar-refractivity contribution in [3.05, 3.63) is 34.9 Å². The molecular weight excluding hydrogens is 228 g/mol. The van der Waals surface area contributed by atoms with Gasteiger partial charge in [0, 0.05) is 20.1 Å². The van der Waals surface area contributed by atoms with Crippen molar-refractivity contribution in [2.45, 2.75) is 20.0 Å². The van der Waals surface area contributed by atoms with E-state index in [4.69, 9.17) is 0 Å². The summed E-state index contributed by atoms with van der Waals surface area (Å²) in [5, 5.41) is 10.2. The minimum atomic E-state index is -0.612. The summed E-state index contributed by atoms with van der Waals surface area (Å²) >= 11 is 0. The third-order valence-corrected chi connectivity index (χ3v) is 3.32. The zero-order valence-corrected chi connectivity index (χ0v) is 11.2. The van der Waals surface area contributed by atoms with Crippen LogP contribution >= 0.6 is 0 Å². The van der Waals surface area contributed by atoms with E-state index in [2.05, 4.69) is 6.07 Å². The maximum absolute atomic E-state index is 11.7. The molecule has 0 saturated carbocycles. The average Bonchev–Trinajstić information content (AvgIpc) is 2.59. The number of benzene rings is 1. The number of aliphatic hydroxyl groups excluding tert-OH is 1. The number of nitrogens with zero attached hydrogens (tertiary/aromatic N) is 2. The molecule has 1 aliphatic rings. The topological polar surface area (TPSA) is 43.8 Å². The number of hydrogen-bond donors (Lipinski definition) is 1. The molecule has 1 aromatic carbocycles. The van der Waals surface area contributed by atoms with Gasteiger partial charge in [0.1, 0.15) is 0 Å². The molecule has 0 spiro atoms. The fraction of sp³-hybridized carbons (Fsp3) is 0.500. The summed E-state index contributed by atoms with van der Waals surface area (Å²) in [5.41, 5.74) is 3.15. The first kappa shape index (κ1) is 12.9. The Bertz CT molecular complexity index is 439. The van der Waals surface area contributed by atoms with Gasteiger partial charge in [0.2, 0.25) is 0 Å². The highest BCUT2D eigenvalue weighted by Gasteiger charge is 2.27. The van der Waals surface area contributed by atoms with Gasteiger partial charge in [-0.1, -0.05) is 29.3 Å². The minimum Gasteiger partial charge on any atom is -0.387 e. The molecular formula is C14H20N2O2. The van der Waals surface area contributed by atoms with Crippen molar-refractivity contribution < 1.29 is 9.90 Å². The number of hydrogen-bond acceptors (Lipinski definition) is 2. The number of rotatable bonds is 3. The van der Waals surface area contributed by atoms with Crippen LogP contribution in [0.15, 0.2) is 18.2 Å². The molecule has 0 bridgehead atoms. The predicted molar refractivity (Wildman–Crippen MR) is 70.5 cm³/mol. The van der Waals surface area contributed by atoms with Crippen molar-refractivity contribution in [2.75, 3.05) is 26.7 Å². The number of carbonyl (C=O) groups excluding carboxylic acids is 1. The summed E-state index contributed by atoms with van der Waals surface area (Å²) in [6.07, 6.45) is -0.612. The van der Waals surface area contributed by atoms with E-state index in [0.717, 1.165) is 23.2 Å².